The van der Waals surface area contributed by atoms with E-state index in [0.29, 0.717) is 18.8 Å². The van der Waals surface area contributed by atoms with Gasteiger partial charge in [-0.2, -0.15) is 0 Å². The molecule has 2 N–H and O–H groups in total. The Morgan fingerprint density at radius 1 is 1.44 bits per heavy atom. The number of aryl methyl sites for hydroxylation is 1. The van der Waals surface area contributed by atoms with Crippen LogP contribution >= 0.6 is 0 Å². The van der Waals surface area contributed by atoms with E-state index in [0.717, 1.165) is 5.69 Å². The van der Waals surface area contributed by atoms with Crippen LogP contribution in [0.25, 0.3) is 0 Å². The van der Waals surface area contributed by atoms with Crippen LogP contribution in [0.15, 0.2) is 0 Å². The van der Waals surface area contributed by atoms with Gasteiger partial charge >= 0.3 is 0 Å². The van der Waals surface area contributed by atoms with Crippen LogP contribution in [0.3, 0.4) is 0 Å². The van der Waals surface area contributed by atoms with Gasteiger partial charge in [0, 0.05) is 12.8 Å². The molecule has 0 amide bonds. The Bertz CT molecular complexity index is 450. The Morgan fingerprint density at radius 2 is 2.06 bits per heavy atom. The van der Waals surface area contributed by atoms with Gasteiger partial charge in [-0.25, -0.2) is 13.1 Å². The highest BCUT2D eigenvalue weighted by molar-refractivity contribution is 7.90. The standard InChI is InChI=1S/C9H18N4O2S/c1-7(2)8-9(10)11-12-13(8)5-4-6-16(3,14)15/h7H,4-6,10H2,1-3H3. The molecule has 0 unspecified atom stereocenters. The maximum Gasteiger partial charge on any atom is 0.169 e. The number of nitrogen functional groups attached to an aromatic ring is 1. The van der Waals surface area contributed by atoms with Crippen molar-refractivity contribution in [3.63, 3.8) is 0 Å². The number of anilines is 1. The third-order valence-corrected chi connectivity index (χ3v) is 3.26. The minimum atomic E-state index is -2.91. The fourth-order valence-electron chi connectivity index (χ4n) is 1.57. The van der Waals surface area contributed by atoms with E-state index in [1.54, 1.807) is 4.68 Å². The summed E-state index contributed by atoms with van der Waals surface area (Å²) in [5.74, 6) is 0.812. The van der Waals surface area contributed by atoms with Crippen LogP contribution in [0.1, 0.15) is 31.9 Å². The summed E-state index contributed by atoms with van der Waals surface area (Å²) in [5.41, 5.74) is 6.56. The van der Waals surface area contributed by atoms with Gasteiger partial charge < -0.3 is 5.73 Å². The molecule has 0 aliphatic heterocycles. The number of hydrogen-bond acceptors (Lipinski definition) is 5. The summed E-state index contributed by atoms with van der Waals surface area (Å²) in [6.45, 7) is 4.54. The molecule has 1 heterocycles. The van der Waals surface area contributed by atoms with Gasteiger partial charge in [0.1, 0.15) is 9.84 Å². The minimum absolute atomic E-state index is 0.157. The average molecular weight is 246 g/mol. The van der Waals surface area contributed by atoms with E-state index in [1.165, 1.54) is 6.26 Å². The number of hydrogen-bond donors (Lipinski definition) is 1. The van der Waals surface area contributed by atoms with E-state index >= 15 is 0 Å². The molecule has 0 bridgehead atoms. The molecule has 1 aromatic rings. The SMILES string of the molecule is CC(C)c1c(N)nnn1CCCS(C)(=O)=O. The maximum absolute atomic E-state index is 11.0. The predicted octanol–water partition coefficient (Wildman–Crippen LogP) is 0.418. The number of nitrogens with zero attached hydrogens (tertiary/aromatic N) is 3. The van der Waals surface area contributed by atoms with Crippen LogP contribution in [0.5, 0.6) is 0 Å². The van der Waals surface area contributed by atoms with Gasteiger partial charge in [-0.1, -0.05) is 19.1 Å². The zero-order chi connectivity index (χ0) is 12.3. The van der Waals surface area contributed by atoms with Crippen molar-refractivity contribution >= 4 is 15.7 Å². The first kappa shape index (κ1) is 13.0. The zero-order valence-corrected chi connectivity index (χ0v) is 10.7. The lowest BCUT2D eigenvalue weighted by atomic mass is 10.1. The molecule has 0 saturated heterocycles. The maximum atomic E-state index is 11.0. The second-order valence-electron chi connectivity index (χ2n) is 4.22. The lowest BCUT2D eigenvalue weighted by molar-refractivity contribution is 0.536. The van der Waals surface area contributed by atoms with Crippen LogP contribution in [0, 0.1) is 0 Å². The third-order valence-electron chi connectivity index (χ3n) is 2.23. The molecule has 92 valence electrons. The van der Waals surface area contributed by atoms with E-state index in [4.69, 9.17) is 5.73 Å². The average Bonchev–Trinajstić information content (AvgIpc) is 2.44. The molecule has 6 nitrogen and oxygen atoms in total. The summed E-state index contributed by atoms with van der Waals surface area (Å²) in [4.78, 5) is 0. The third kappa shape index (κ3) is 3.48. The molecule has 0 aromatic carbocycles. The van der Waals surface area contributed by atoms with Gasteiger partial charge in [0.2, 0.25) is 0 Å². The first-order valence-corrected chi connectivity index (χ1v) is 7.24. The lowest BCUT2D eigenvalue weighted by Gasteiger charge is -2.08. The highest BCUT2D eigenvalue weighted by atomic mass is 32.2. The van der Waals surface area contributed by atoms with Crippen molar-refractivity contribution in [2.45, 2.75) is 32.7 Å². The van der Waals surface area contributed by atoms with Crippen LogP contribution in [-0.4, -0.2) is 35.4 Å². The highest BCUT2D eigenvalue weighted by Gasteiger charge is 2.13. The van der Waals surface area contributed by atoms with E-state index < -0.39 is 9.84 Å². The number of nitrogens with two attached hydrogens (primary N) is 1. The Labute approximate surface area is 95.7 Å². The van der Waals surface area contributed by atoms with Crippen LogP contribution in [0.2, 0.25) is 0 Å². The summed E-state index contributed by atoms with van der Waals surface area (Å²) in [5, 5.41) is 7.70. The molecule has 1 aromatic heterocycles. The predicted molar refractivity (Wildman–Crippen MR) is 62.9 cm³/mol. The molecule has 16 heavy (non-hydrogen) atoms. The molecule has 0 atom stereocenters. The lowest BCUT2D eigenvalue weighted by Crippen LogP contribution is -2.11. The Kier molecular flexibility index (Phi) is 3.90. The van der Waals surface area contributed by atoms with E-state index in [-0.39, 0.29) is 11.7 Å². The summed E-state index contributed by atoms with van der Waals surface area (Å²) >= 11 is 0. The zero-order valence-electron chi connectivity index (χ0n) is 9.84. The van der Waals surface area contributed by atoms with Crippen molar-refractivity contribution < 1.29 is 8.42 Å². The van der Waals surface area contributed by atoms with Crippen molar-refractivity contribution in [3.8, 4) is 0 Å². The first-order valence-electron chi connectivity index (χ1n) is 5.18. The van der Waals surface area contributed by atoms with Crippen LogP contribution < -0.4 is 5.73 Å². The molecule has 1 rings (SSSR count). The molecular formula is C9H18N4O2S. The van der Waals surface area contributed by atoms with Gasteiger partial charge in [0.15, 0.2) is 5.82 Å². The fourth-order valence-corrected chi connectivity index (χ4v) is 2.22. The Morgan fingerprint density at radius 3 is 2.56 bits per heavy atom. The van der Waals surface area contributed by atoms with Crippen molar-refractivity contribution in [2.24, 2.45) is 0 Å². The molecule has 0 saturated carbocycles. The van der Waals surface area contributed by atoms with Crippen LogP contribution in [0.4, 0.5) is 5.82 Å². The summed E-state index contributed by atoms with van der Waals surface area (Å²) in [6, 6.07) is 0. The largest absolute Gasteiger partial charge is 0.381 e. The second-order valence-corrected chi connectivity index (χ2v) is 6.48. The van der Waals surface area contributed by atoms with Gasteiger partial charge in [0.25, 0.3) is 0 Å². The fraction of sp³-hybridized carbons (Fsp3) is 0.778. The summed E-state index contributed by atoms with van der Waals surface area (Å²) in [6.07, 6.45) is 1.76. The van der Waals surface area contributed by atoms with Gasteiger partial charge in [-0.3, -0.25) is 0 Å². The van der Waals surface area contributed by atoms with Crippen molar-refractivity contribution in [1.82, 2.24) is 15.0 Å². The highest BCUT2D eigenvalue weighted by Crippen LogP contribution is 2.19. The van der Waals surface area contributed by atoms with E-state index in [1.807, 2.05) is 13.8 Å². The number of rotatable bonds is 5. The van der Waals surface area contributed by atoms with Gasteiger partial charge in [-0.15, -0.1) is 5.10 Å². The second kappa shape index (κ2) is 4.82. The Balaban J connectivity index is 2.68. The number of sulfone groups is 1. The first-order chi connectivity index (χ1) is 7.31. The van der Waals surface area contributed by atoms with E-state index in [2.05, 4.69) is 10.3 Å². The molecule has 0 aliphatic rings. The molecule has 0 aliphatic carbocycles. The van der Waals surface area contributed by atoms with Gasteiger partial charge in [0.05, 0.1) is 11.4 Å². The van der Waals surface area contributed by atoms with Crippen LogP contribution in [-0.2, 0) is 16.4 Å². The van der Waals surface area contributed by atoms with E-state index in [9.17, 15) is 8.42 Å². The molecular weight excluding hydrogens is 228 g/mol. The van der Waals surface area contributed by atoms with Crippen molar-refractivity contribution in [2.75, 3.05) is 17.7 Å². The smallest absolute Gasteiger partial charge is 0.169 e. The topological polar surface area (TPSA) is 90.9 Å². The van der Waals surface area contributed by atoms with Crippen molar-refractivity contribution in [3.05, 3.63) is 5.69 Å². The monoisotopic (exact) mass is 246 g/mol. The quantitative estimate of drug-likeness (QED) is 0.813. The Hall–Kier alpha value is -1.11. The molecule has 7 heteroatoms. The number of aromatic nitrogens is 3. The molecule has 0 fully saturated rings. The molecule has 0 radical (unpaired) electrons. The summed E-state index contributed by atoms with van der Waals surface area (Å²) in [7, 11) is -2.91. The van der Waals surface area contributed by atoms with Gasteiger partial charge in [-0.05, 0) is 12.3 Å². The minimum Gasteiger partial charge on any atom is -0.381 e. The normalized spacial score (nSPS) is 12.2. The summed E-state index contributed by atoms with van der Waals surface area (Å²) < 4.78 is 23.6. The molecule has 0 spiro atoms. The van der Waals surface area contributed by atoms with Crippen molar-refractivity contribution in [1.29, 1.82) is 0 Å².